The van der Waals surface area contributed by atoms with Gasteiger partial charge >= 0.3 is 0 Å². The first-order valence-corrected chi connectivity index (χ1v) is 14.5. The highest BCUT2D eigenvalue weighted by Gasteiger charge is 2.17. The summed E-state index contributed by atoms with van der Waals surface area (Å²) in [6.45, 7) is 3.22. The standard InChI is InChI=1S/C33H33FN8O2/c1-4-5-6-30(43)37-23-14-21(18-35-19-23)27-7-8-28-31(38-27)32(41-40-28)29-17-26-25(9-10-36-33(26)39-29)20-13-22(34)16-24(15-20)44-12-11-42(2)3/h7-10,13-19H,4-6,11-12H2,1-3H3,(H,36,39)(H,37,43)(H,40,41). The fourth-order valence-electron chi connectivity index (χ4n) is 5.01. The topological polar surface area (TPSA) is 125 Å². The maximum absolute atomic E-state index is 14.7. The largest absolute Gasteiger partial charge is 0.492 e. The zero-order valence-electron chi connectivity index (χ0n) is 24.8. The lowest BCUT2D eigenvalue weighted by Gasteiger charge is -2.12. The number of aromatic amines is 2. The maximum Gasteiger partial charge on any atom is 0.224 e. The maximum atomic E-state index is 14.7. The Morgan fingerprint density at radius 2 is 1.95 bits per heavy atom. The van der Waals surface area contributed by atoms with E-state index in [1.807, 2.05) is 55.4 Å². The van der Waals surface area contributed by atoms with Crippen molar-refractivity contribution >= 4 is 33.7 Å². The van der Waals surface area contributed by atoms with Crippen molar-refractivity contribution in [2.45, 2.75) is 26.2 Å². The number of anilines is 1. The zero-order chi connectivity index (χ0) is 30.6. The number of H-pyrrole nitrogens is 2. The smallest absolute Gasteiger partial charge is 0.224 e. The number of carbonyl (C=O) groups is 1. The van der Waals surface area contributed by atoms with Crippen LogP contribution in [0.1, 0.15) is 26.2 Å². The van der Waals surface area contributed by atoms with Gasteiger partial charge in [-0.25, -0.2) is 14.4 Å². The Morgan fingerprint density at radius 3 is 2.80 bits per heavy atom. The Kier molecular flexibility index (Phi) is 8.29. The van der Waals surface area contributed by atoms with Gasteiger partial charge in [-0.15, -0.1) is 0 Å². The summed E-state index contributed by atoms with van der Waals surface area (Å²) in [6.07, 6.45) is 7.28. The molecule has 0 fully saturated rings. The number of benzene rings is 1. The van der Waals surface area contributed by atoms with Crippen molar-refractivity contribution in [2.75, 3.05) is 32.6 Å². The molecule has 0 radical (unpaired) electrons. The molecule has 0 bridgehead atoms. The van der Waals surface area contributed by atoms with E-state index in [0.29, 0.717) is 58.3 Å². The summed E-state index contributed by atoms with van der Waals surface area (Å²) >= 11 is 0. The van der Waals surface area contributed by atoms with Crippen molar-refractivity contribution in [1.29, 1.82) is 0 Å². The molecule has 6 rings (SSSR count). The Bertz CT molecular complexity index is 1950. The summed E-state index contributed by atoms with van der Waals surface area (Å²) < 4.78 is 20.5. The SMILES string of the molecule is CCCCC(=O)Nc1cncc(-c2ccc3[nH]nc(-c4cc5c(-c6cc(F)cc(OCCN(C)C)c6)ccnc5[nH]4)c3n2)c1. The van der Waals surface area contributed by atoms with Crippen molar-refractivity contribution in [2.24, 2.45) is 0 Å². The molecular formula is C33H33FN8O2. The molecule has 11 heteroatoms. The number of hydrogen-bond acceptors (Lipinski definition) is 7. The molecule has 0 saturated heterocycles. The summed E-state index contributed by atoms with van der Waals surface area (Å²) in [6, 6.07) is 14.2. The van der Waals surface area contributed by atoms with E-state index < -0.39 is 0 Å². The third-order valence-electron chi connectivity index (χ3n) is 7.26. The van der Waals surface area contributed by atoms with Crippen LogP contribution < -0.4 is 10.1 Å². The Labute approximate surface area is 253 Å². The number of halogens is 1. The van der Waals surface area contributed by atoms with Gasteiger partial charge in [0.25, 0.3) is 0 Å². The molecule has 0 spiro atoms. The van der Waals surface area contributed by atoms with Crippen LogP contribution in [-0.4, -0.2) is 68.2 Å². The summed E-state index contributed by atoms with van der Waals surface area (Å²) in [4.78, 5) is 31.4. The van der Waals surface area contributed by atoms with Gasteiger partial charge in [0.05, 0.1) is 28.8 Å². The highest BCUT2D eigenvalue weighted by molar-refractivity contribution is 5.99. The van der Waals surface area contributed by atoms with Gasteiger partial charge in [0.15, 0.2) is 0 Å². The average Bonchev–Trinajstić information content (AvgIpc) is 3.63. The van der Waals surface area contributed by atoms with E-state index in [-0.39, 0.29) is 11.7 Å². The number of fused-ring (bicyclic) bond motifs is 2. The Morgan fingerprint density at radius 1 is 1.07 bits per heavy atom. The Hall–Kier alpha value is -5.16. The fraction of sp³-hybridized carbons (Fsp3) is 0.242. The van der Waals surface area contributed by atoms with Gasteiger partial charge in [-0.05, 0) is 74.1 Å². The number of hydrogen-bond donors (Lipinski definition) is 3. The van der Waals surface area contributed by atoms with Crippen LogP contribution in [0.2, 0.25) is 0 Å². The zero-order valence-corrected chi connectivity index (χ0v) is 24.8. The number of amides is 1. The Balaban J connectivity index is 1.33. The number of nitrogens with one attached hydrogen (secondary N) is 3. The predicted octanol–water partition coefficient (Wildman–Crippen LogP) is 6.44. The van der Waals surface area contributed by atoms with E-state index in [4.69, 9.17) is 9.72 Å². The lowest BCUT2D eigenvalue weighted by Crippen LogP contribution is -2.19. The van der Waals surface area contributed by atoms with E-state index in [0.717, 1.165) is 41.4 Å². The number of carbonyl (C=O) groups excluding carboxylic acids is 1. The minimum absolute atomic E-state index is 0.0376. The molecule has 0 aliphatic rings. The quantitative estimate of drug-likeness (QED) is 0.158. The first kappa shape index (κ1) is 28.9. The molecule has 0 saturated carbocycles. The van der Waals surface area contributed by atoms with E-state index in [9.17, 15) is 9.18 Å². The molecule has 6 aromatic rings. The number of rotatable bonds is 11. The number of likely N-dealkylation sites (N-methyl/N-ethyl adjacent to an activating group) is 1. The third-order valence-corrected chi connectivity index (χ3v) is 7.26. The molecule has 5 aromatic heterocycles. The number of aromatic nitrogens is 6. The van der Waals surface area contributed by atoms with Gasteiger partial charge in [0, 0.05) is 42.4 Å². The fourth-order valence-corrected chi connectivity index (χ4v) is 5.01. The van der Waals surface area contributed by atoms with Crippen LogP contribution in [0.15, 0.2) is 67.1 Å². The van der Waals surface area contributed by atoms with Crippen molar-refractivity contribution in [3.8, 4) is 39.5 Å². The summed E-state index contributed by atoms with van der Waals surface area (Å²) in [5, 5.41) is 11.4. The summed E-state index contributed by atoms with van der Waals surface area (Å²) in [7, 11) is 3.92. The molecule has 224 valence electrons. The van der Waals surface area contributed by atoms with E-state index in [1.165, 1.54) is 12.1 Å². The van der Waals surface area contributed by atoms with Crippen molar-refractivity contribution in [3.63, 3.8) is 0 Å². The number of ether oxygens (including phenoxy) is 1. The molecule has 44 heavy (non-hydrogen) atoms. The molecule has 0 atom stereocenters. The van der Waals surface area contributed by atoms with Crippen molar-refractivity contribution in [3.05, 3.63) is 72.9 Å². The molecular weight excluding hydrogens is 559 g/mol. The molecule has 5 heterocycles. The van der Waals surface area contributed by atoms with Crippen LogP contribution >= 0.6 is 0 Å². The minimum atomic E-state index is -0.378. The minimum Gasteiger partial charge on any atom is -0.492 e. The lowest BCUT2D eigenvalue weighted by atomic mass is 10.0. The molecule has 0 aliphatic carbocycles. The predicted molar refractivity (Wildman–Crippen MR) is 170 cm³/mol. The van der Waals surface area contributed by atoms with Crippen LogP contribution in [0.5, 0.6) is 5.75 Å². The van der Waals surface area contributed by atoms with E-state index in [1.54, 1.807) is 18.6 Å². The second-order valence-electron chi connectivity index (χ2n) is 10.9. The number of pyridine rings is 3. The van der Waals surface area contributed by atoms with Crippen molar-refractivity contribution in [1.82, 2.24) is 35.0 Å². The first-order valence-electron chi connectivity index (χ1n) is 14.5. The average molecular weight is 593 g/mol. The first-order chi connectivity index (χ1) is 21.4. The van der Waals surface area contributed by atoms with Gasteiger partial charge in [-0.2, -0.15) is 5.10 Å². The van der Waals surface area contributed by atoms with Crippen LogP contribution in [0.25, 0.3) is 55.8 Å². The van der Waals surface area contributed by atoms with E-state index in [2.05, 4.69) is 37.4 Å². The van der Waals surface area contributed by atoms with Gasteiger partial charge in [-0.1, -0.05) is 13.3 Å². The van der Waals surface area contributed by atoms with Gasteiger partial charge in [-0.3, -0.25) is 14.9 Å². The molecule has 1 amide bonds. The molecule has 3 N–H and O–H groups in total. The number of unbranched alkanes of at least 4 members (excludes halogenated alkanes) is 1. The monoisotopic (exact) mass is 592 g/mol. The lowest BCUT2D eigenvalue weighted by molar-refractivity contribution is -0.116. The van der Waals surface area contributed by atoms with Gasteiger partial charge in [0.2, 0.25) is 5.91 Å². The highest BCUT2D eigenvalue weighted by Crippen LogP contribution is 2.35. The number of nitrogens with zero attached hydrogens (tertiary/aromatic N) is 5. The van der Waals surface area contributed by atoms with Crippen LogP contribution in [0.3, 0.4) is 0 Å². The second-order valence-corrected chi connectivity index (χ2v) is 10.9. The third kappa shape index (κ3) is 6.28. The van der Waals surface area contributed by atoms with Crippen LogP contribution in [0.4, 0.5) is 10.1 Å². The normalized spacial score (nSPS) is 11.5. The van der Waals surface area contributed by atoms with Crippen LogP contribution in [0, 0.1) is 5.82 Å². The highest BCUT2D eigenvalue weighted by atomic mass is 19.1. The van der Waals surface area contributed by atoms with Crippen molar-refractivity contribution < 1.29 is 13.9 Å². The molecule has 1 aromatic carbocycles. The second kappa shape index (κ2) is 12.6. The van der Waals surface area contributed by atoms with Crippen LogP contribution in [-0.2, 0) is 4.79 Å². The summed E-state index contributed by atoms with van der Waals surface area (Å²) in [5.41, 5.74) is 6.97. The van der Waals surface area contributed by atoms with E-state index >= 15 is 0 Å². The summed E-state index contributed by atoms with van der Waals surface area (Å²) in [5.74, 6) is 0.0540. The molecule has 0 unspecified atom stereocenters. The van der Waals surface area contributed by atoms with Gasteiger partial charge < -0.3 is 19.9 Å². The van der Waals surface area contributed by atoms with Gasteiger partial charge in [0.1, 0.15) is 35.0 Å². The molecule has 0 aliphatic heterocycles. The molecule has 10 nitrogen and oxygen atoms in total.